The largest absolute Gasteiger partial charge is 0.374 e. The van der Waals surface area contributed by atoms with E-state index in [0.717, 1.165) is 11.3 Å². The number of aromatic nitrogens is 2. The lowest BCUT2D eigenvalue weighted by Crippen LogP contribution is -1.91. The summed E-state index contributed by atoms with van der Waals surface area (Å²) in [4.78, 5) is 10.4. The third-order valence-electron chi connectivity index (χ3n) is 1.83. The smallest absolute Gasteiger partial charge is 0.280 e. The number of hydrogen-bond donors (Lipinski definition) is 1. The number of nitrogen functional groups attached to an aromatic ring is 1. The first kappa shape index (κ1) is 11.0. The molecule has 0 radical (unpaired) electrons. The van der Waals surface area contributed by atoms with E-state index < -0.39 is 4.92 Å². The van der Waals surface area contributed by atoms with Crippen LogP contribution in [0.15, 0.2) is 22.7 Å². The topological polar surface area (TPSA) is 94.9 Å². The molecule has 8 heteroatoms. The van der Waals surface area contributed by atoms with Gasteiger partial charge in [0.05, 0.1) is 10.5 Å². The van der Waals surface area contributed by atoms with Crippen LogP contribution in [0.3, 0.4) is 0 Å². The van der Waals surface area contributed by atoms with Crippen molar-refractivity contribution < 1.29 is 4.92 Å². The molecule has 0 spiro atoms. The van der Waals surface area contributed by atoms with Gasteiger partial charge < -0.3 is 5.73 Å². The van der Waals surface area contributed by atoms with Crippen LogP contribution in [-0.2, 0) is 0 Å². The number of nitro benzene ring substituents is 1. The SMILES string of the molecule is Nc1nnc(-c2ccc(Br)cc2[N+](=O)[O-])s1. The molecule has 6 nitrogen and oxygen atoms in total. The number of benzene rings is 1. The number of nitrogens with two attached hydrogens (primary N) is 1. The van der Waals surface area contributed by atoms with Crippen molar-refractivity contribution in [2.24, 2.45) is 0 Å². The highest BCUT2D eigenvalue weighted by molar-refractivity contribution is 9.10. The molecule has 0 aliphatic heterocycles. The normalized spacial score (nSPS) is 10.3. The van der Waals surface area contributed by atoms with Crippen LogP contribution in [0.25, 0.3) is 10.6 Å². The Bertz CT molecular complexity index is 557. The molecule has 2 aromatic rings. The predicted molar refractivity (Wildman–Crippen MR) is 64.1 cm³/mol. The molecule has 0 saturated heterocycles. The summed E-state index contributed by atoms with van der Waals surface area (Å²) in [6, 6.07) is 4.75. The minimum absolute atomic E-state index is 0.0227. The Hall–Kier alpha value is -1.54. The molecule has 0 aliphatic rings. The highest BCUT2D eigenvalue weighted by Crippen LogP contribution is 2.34. The molecule has 0 atom stereocenters. The van der Waals surface area contributed by atoms with Crippen LogP contribution < -0.4 is 5.73 Å². The second-order valence-corrected chi connectivity index (χ2v) is 4.79. The van der Waals surface area contributed by atoms with Crippen molar-refractivity contribution in [2.45, 2.75) is 0 Å². The van der Waals surface area contributed by atoms with E-state index in [2.05, 4.69) is 26.1 Å². The number of halogens is 1. The van der Waals surface area contributed by atoms with Gasteiger partial charge >= 0.3 is 0 Å². The van der Waals surface area contributed by atoms with Gasteiger partial charge in [-0.2, -0.15) is 0 Å². The third kappa shape index (κ3) is 2.02. The van der Waals surface area contributed by atoms with Gasteiger partial charge in [0.25, 0.3) is 5.69 Å². The second-order valence-electron chi connectivity index (χ2n) is 2.86. The van der Waals surface area contributed by atoms with Gasteiger partial charge in [0, 0.05) is 10.5 Å². The van der Waals surface area contributed by atoms with Gasteiger partial charge in [-0.25, -0.2) is 0 Å². The van der Waals surface area contributed by atoms with Crippen LogP contribution in [0.5, 0.6) is 0 Å². The van der Waals surface area contributed by atoms with E-state index in [1.165, 1.54) is 6.07 Å². The van der Waals surface area contributed by atoms with Crippen LogP contribution in [0, 0.1) is 10.1 Å². The molecular formula is C8H5BrN4O2S. The number of hydrogen-bond acceptors (Lipinski definition) is 6. The van der Waals surface area contributed by atoms with Crippen LogP contribution in [0.4, 0.5) is 10.8 Å². The van der Waals surface area contributed by atoms with Crippen molar-refractivity contribution in [3.63, 3.8) is 0 Å². The number of rotatable bonds is 2. The molecule has 1 aromatic carbocycles. The zero-order valence-electron chi connectivity index (χ0n) is 7.75. The maximum absolute atomic E-state index is 10.9. The van der Waals surface area contributed by atoms with Crippen LogP contribution in [0.1, 0.15) is 0 Å². The van der Waals surface area contributed by atoms with E-state index in [9.17, 15) is 10.1 Å². The highest BCUT2D eigenvalue weighted by atomic mass is 79.9. The van der Waals surface area contributed by atoms with Crippen molar-refractivity contribution >= 4 is 38.1 Å². The Kier molecular flexibility index (Phi) is 2.84. The molecule has 2 N–H and O–H groups in total. The van der Waals surface area contributed by atoms with Gasteiger partial charge in [0.2, 0.25) is 5.13 Å². The number of anilines is 1. The van der Waals surface area contributed by atoms with Crippen molar-refractivity contribution in [2.75, 3.05) is 5.73 Å². The predicted octanol–water partition coefficient (Wildman–Crippen LogP) is 2.46. The van der Waals surface area contributed by atoms with E-state index in [0.29, 0.717) is 15.0 Å². The molecule has 82 valence electrons. The Morgan fingerprint density at radius 1 is 1.44 bits per heavy atom. The summed E-state index contributed by atoms with van der Waals surface area (Å²) in [7, 11) is 0. The zero-order chi connectivity index (χ0) is 11.7. The van der Waals surface area contributed by atoms with Gasteiger partial charge in [-0.3, -0.25) is 10.1 Å². The fourth-order valence-electron chi connectivity index (χ4n) is 1.18. The molecule has 0 fully saturated rings. The van der Waals surface area contributed by atoms with Gasteiger partial charge in [0.15, 0.2) is 5.01 Å². The summed E-state index contributed by atoms with van der Waals surface area (Å²) in [6.07, 6.45) is 0. The first-order valence-electron chi connectivity index (χ1n) is 4.11. The lowest BCUT2D eigenvalue weighted by atomic mass is 10.2. The van der Waals surface area contributed by atoms with Crippen molar-refractivity contribution in [3.05, 3.63) is 32.8 Å². The van der Waals surface area contributed by atoms with Gasteiger partial charge in [0.1, 0.15) is 0 Å². The fourth-order valence-corrected chi connectivity index (χ4v) is 2.17. The first-order chi connectivity index (χ1) is 7.58. The average molecular weight is 301 g/mol. The summed E-state index contributed by atoms with van der Waals surface area (Å²) in [5.74, 6) is 0. The van der Waals surface area contributed by atoms with Crippen molar-refractivity contribution in [1.29, 1.82) is 0 Å². The molecule has 0 unspecified atom stereocenters. The Morgan fingerprint density at radius 2 is 2.19 bits per heavy atom. The van der Waals surface area contributed by atoms with E-state index in [-0.39, 0.29) is 10.8 Å². The molecule has 0 amide bonds. The summed E-state index contributed by atoms with van der Waals surface area (Å²) < 4.78 is 0.639. The quantitative estimate of drug-likeness (QED) is 0.679. The molecule has 16 heavy (non-hydrogen) atoms. The standard InChI is InChI=1S/C8H5BrN4O2S/c9-4-1-2-5(6(3-4)13(14)15)7-11-12-8(10)16-7/h1-3H,(H2,10,12). The van der Waals surface area contributed by atoms with Gasteiger partial charge in [-0.1, -0.05) is 27.3 Å². The summed E-state index contributed by atoms with van der Waals surface area (Å²) in [5.41, 5.74) is 5.83. The monoisotopic (exact) mass is 300 g/mol. The van der Waals surface area contributed by atoms with Crippen LogP contribution in [0.2, 0.25) is 0 Å². The summed E-state index contributed by atoms with van der Waals surface area (Å²) in [5, 5.41) is 19.0. The summed E-state index contributed by atoms with van der Waals surface area (Å²) >= 11 is 4.29. The van der Waals surface area contributed by atoms with E-state index in [1.54, 1.807) is 12.1 Å². The van der Waals surface area contributed by atoms with E-state index >= 15 is 0 Å². The van der Waals surface area contributed by atoms with Gasteiger partial charge in [-0.15, -0.1) is 10.2 Å². The Labute approximate surface area is 102 Å². The molecule has 0 saturated carbocycles. The molecule has 2 rings (SSSR count). The molecular weight excluding hydrogens is 296 g/mol. The minimum Gasteiger partial charge on any atom is -0.374 e. The van der Waals surface area contributed by atoms with E-state index in [4.69, 9.17) is 5.73 Å². The van der Waals surface area contributed by atoms with E-state index in [1.807, 2.05) is 0 Å². The average Bonchev–Trinajstić information content (AvgIpc) is 2.64. The maximum atomic E-state index is 10.9. The number of nitrogens with zero attached hydrogens (tertiary/aromatic N) is 3. The highest BCUT2D eigenvalue weighted by Gasteiger charge is 2.18. The Morgan fingerprint density at radius 3 is 2.75 bits per heavy atom. The first-order valence-corrected chi connectivity index (χ1v) is 5.72. The third-order valence-corrected chi connectivity index (χ3v) is 3.11. The minimum atomic E-state index is -0.461. The van der Waals surface area contributed by atoms with Crippen LogP contribution in [-0.4, -0.2) is 15.1 Å². The Balaban J connectivity index is 2.60. The fraction of sp³-hybridized carbons (Fsp3) is 0. The lowest BCUT2D eigenvalue weighted by Gasteiger charge is -1.98. The molecule has 1 aromatic heterocycles. The second kappa shape index (κ2) is 4.14. The molecule has 0 bridgehead atoms. The summed E-state index contributed by atoms with van der Waals surface area (Å²) in [6.45, 7) is 0. The lowest BCUT2D eigenvalue weighted by molar-refractivity contribution is -0.384. The van der Waals surface area contributed by atoms with Crippen molar-refractivity contribution in [3.8, 4) is 10.6 Å². The molecule has 0 aliphatic carbocycles. The van der Waals surface area contributed by atoms with Crippen molar-refractivity contribution in [1.82, 2.24) is 10.2 Å². The molecule has 1 heterocycles. The van der Waals surface area contributed by atoms with Gasteiger partial charge in [-0.05, 0) is 12.1 Å². The zero-order valence-corrected chi connectivity index (χ0v) is 10.2. The van der Waals surface area contributed by atoms with Crippen LogP contribution >= 0.6 is 27.3 Å². The maximum Gasteiger partial charge on any atom is 0.280 e. The number of nitro groups is 1.